The molecule has 4 rings (SSSR count). The third kappa shape index (κ3) is 6.28. The first-order valence-electron chi connectivity index (χ1n) is 11.7. The standard InChI is InChI=1S/C29H33N3O/c1-21-7-5-8-25(17-21)27-18-30-22(2)31-28(27)26-9-6-16-32(20-26)19-24-12-10-23(11-13-24)14-15-29(3,4)33/h5,7-8,10-13,17-18,26,33H,6,9,16,19-20H2,1-4H3/t26-/m0/s1. The number of piperidine rings is 1. The van der Waals surface area contributed by atoms with Crippen molar-refractivity contribution >= 4 is 0 Å². The summed E-state index contributed by atoms with van der Waals surface area (Å²) in [6, 6.07) is 17.0. The molecule has 1 fully saturated rings. The van der Waals surface area contributed by atoms with Crippen molar-refractivity contribution in [1.82, 2.24) is 14.9 Å². The Morgan fingerprint density at radius 1 is 1.12 bits per heavy atom. The van der Waals surface area contributed by atoms with Gasteiger partial charge in [-0.2, -0.15) is 0 Å². The number of likely N-dealkylation sites (tertiary alicyclic amines) is 1. The minimum atomic E-state index is -0.974. The summed E-state index contributed by atoms with van der Waals surface area (Å²) in [4.78, 5) is 12.0. The molecule has 0 radical (unpaired) electrons. The normalized spacial score (nSPS) is 16.8. The van der Waals surface area contributed by atoms with Gasteiger partial charge in [-0.05, 0) is 70.3 Å². The first-order valence-corrected chi connectivity index (χ1v) is 11.7. The molecule has 0 spiro atoms. The van der Waals surface area contributed by atoms with Crippen LogP contribution in [0.15, 0.2) is 54.7 Å². The van der Waals surface area contributed by atoms with Crippen molar-refractivity contribution in [3.8, 4) is 23.0 Å². The highest BCUT2D eigenvalue weighted by atomic mass is 16.3. The fraction of sp³-hybridized carbons (Fsp3) is 0.379. The van der Waals surface area contributed by atoms with Crippen molar-refractivity contribution < 1.29 is 5.11 Å². The Bertz CT molecular complexity index is 1170. The number of nitrogens with zero attached hydrogens (tertiary/aromatic N) is 3. The van der Waals surface area contributed by atoms with Crippen LogP contribution in [0.25, 0.3) is 11.1 Å². The monoisotopic (exact) mass is 439 g/mol. The molecule has 0 bridgehead atoms. The summed E-state index contributed by atoms with van der Waals surface area (Å²) >= 11 is 0. The predicted molar refractivity (Wildman–Crippen MR) is 134 cm³/mol. The number of aryl methyl sites for hydroxylation is 2. The molecule has 0 saturated carbocycles. The van der Waals surface area contributed by atoms with Crippen LogP contribution in [-0.2, 0) is 6.54 Å². The molecule has 0 unspecified atom stereocenters. The lowest BCUT2D eigenvalue weighted by molar-refractivity contribution is 0.143. The van der Waals surface area contributed by atoms with Gasteiger partial charge < -0.3 is 5.11 Å². The number of aliphatic hydroxyl groups is 1. The van der Waals surface area contributed by atoms with Gasteiger partial charge in [0.05, 0.1) is 5.69 Å². The Labute approximate surface area is 197 Å². The predicted octanol–water partition coefficient (Wildman–Crippen LogP) is 5.26. The van der Waals surface area contributed by atoms with E-state index in [2.05, 4.69) is 65.0 Å². The van der Waals surface area contributed by atoms with E-state index >= 15 is 0 Å². The lowest BCUT2D eigenvalue weighted by Gasteiger charge is -2.33. The lowest BCUT2D eigenvalue weighted by atomic mass is 9.89. The molecule has 33 heavy (non-hydrogen) atoms. The maximum Gasteiger partial charge on any atom is 0.125 e. The van der Waals surface area contributed by atoms with Crippen LogP contribution >= 0.6 is 0 Å². The zero-order chi connectivity index (χ0) is 23.4. The molecule has 0 aliphatic carbocycles. The van der Waals surface area contributed by atoms with Crippen LogP contribution in [0, 0.1) is 25.7 Å². The van der Waals surface area contributed by atoms with Crippen LogP contribution in [0.1, 0.15) is 60.8 Å². The van der Waals surface area contributed by atoms with E-state index in [1.807, 2.05) is 25.3 Å². The summed E-state index contributed by atoms with van der Waals surface area (Å²) in [6.45, 7) is 10.5. The van der Waals surface area contributed by atoms with E-state index in [1.54, 1.807) is 13.8 Å². The number of hydrogen-bond donors (Lipinski definition) is 1. The van der Waals surface area contributed by atoms with Gasteiger partial charge in [-0.15, -0.1) is 0 Å². The largest absolute Gasteiger partial charge is 0.378 e. The fourth-order valence-corrected chi connectivity index (χ4v) is 4.43. The summed E-state index contributed by atoms with van der Waals surface area (Å²) in [6.07, 6.45) is 4.31. The van der Waals surface area contributed by atoms with Gasteiger partial charge in [0.2, 0.25) is 0 Å². The van der Waals surface area contributed by atoms with Gasteiger partial charge in [0.15, 0.2) is 0 Å². The molecule has 4 heteroatoms. The van der Waals surface area contributed by atoms with E-state index in [1.165, 1.54) is 22.4 Å². The van der Waals surface area contributed by atoms with Crippen molar-refractivity contribution in [2.45, 2.75) is 58.6 Å². The molecule has 2 aromatic carbocycles. The molecule has 3 aromatic rings. The summed E-state index contributed by atoms with van der Waals surface area (Å²) in [5.41, 5.74) is 6.02. The van der Waals surface area contributed by atoms with E-state index in [9.17, 15) is 5.11 Å². The third-order valence-corrected chi connectivity index (χ3v) is 6.03. The molecule has 0 amide bonds. The summed E-state index contributed by atoms with van der Waals surface area (Å²) in [7, 11) is 0. The molecule has 170 valence electrons. The highest BCUT2D eigenvalue weighted by Gasteiger charge is 2.25. The molecular formula is C29H33N3O. The average molecular weight is 440 g/mol. The number of aromatic nitrogens is 2. The van der Waals surface area contributed by atoms with Crippen molar-refractivity contribution in [3.63, 3.8) is 0 Å². The third-order valence-electron chi connectivity index (χ3n) is 6.03. The van der Waals surface area contributed by atoms with Gasteiger partial charge in [-0.1, -0.05) is 53.8 Å². The van der Waals surface area contributed by atoms with Gasteiger partial charge in [-0.3, -0.25) is 4.90 Å². The topological polar surface area (TPSA) is 49.2 Å². The van der Waals surface area contributed by atoms with Crippen LogP contribution in [0.5, 0.6) is 0 Å². The van der Waals surface area contributed by atoms with Crippen LogP contribution in [0.2, 0.25) is 0 Å². The Kier molecular flexibility index (Phi) is 6.93. The van der Waals surface area contributed by atoms with E-state index in [-0.39, 0.29) is 0 Å². The van der Waals surface area contributed by atoms with E-state index in [4.69, 9.17) is 4.98 Å². The zero-order valence-electron chi connectivity index (χ0n) is 20.1. The molecule has 1 aromatic heterocycles. The first-order chi connectivity index (χ1) is 15.8. The smallest absolute Gasteiger partial charge is 0.125 e. The molecule has 1 aliphatic rings. The molecule has 1 atom stereocenters. The second-order valence-electron chi connectivity index (χ2n) is 9.67. The van der Waals surface area contributed by atoms with Crippen molar-refractivity contribution in [3.05, 3.63) is 82.9 Å². The van der Waals surface area contributed by atoms with Gasteiger partial charge in [0.25, 0.3) is 0 Å². The minimum absolute atomic E-state index is 0.396. The van der Waals surface area contributed by atoms with E-state index < -0.39 is 5.60 Å². The molecule has 1 N–H and O–H groups in total. The number of benzene rings is 2. The molecule has 1 aliphatic heterocycles. The maximum atomic E-state index is 9.80. The van der Waals surface area contributed by atoms with Gasteiger partial charge in [0, 0.05) is 36.3 Å². The Morgan fingerprint density at radius 2 is 1.91 bits per heavy atom. The zero-order valence-corrected chi connectivity index (χ0v) is 20.1. The summed E-state index contributed by atoms with van der Waals surface area (Å²) in [5, 5.41) is 9.80. The summed E-state index contributed by atoms with van der Waals surface area (Å²) < 4.78 is 0. The number of rotatable bonds is 4. The van der Waals surface area contributed by atoms with Crippen molar-refractivity contribution in [1.29, 1.82) is 0 Å². The average Bonchev–Trinajstić information content (AvgIpc) is 2.78. The fourth-order valence-electron chi connectivity index (χ4n) is 4.43. The van der Waals surface area contributed by atoms with Gasteiger partial charge >= 0.3 is 0 Å². The minimum Gasteiger partial charge on any atom is -0.378 e. The van der Waals surface area contributed by atoms with E-state index in [0.29, 0.717) is 5.92 Å². The van der Waals surface area contributed by atoms with Crippen molar-refractivity contribution in [2.24, 2.45) is 0 Å². The number of hydrogen-bond acceptors (Lipinski definition) is 4. The van der Waals surface area contributed by atoms with Crippen LogP contribution in [0.4, 0.5) is 0 Å². The SMILES string of the molecule is Cc1cccc(-c2cnc(C)nc2[C@H]2CCCN(Cc3ccc(C#CC(C)(C)O)cc3)C2)c1. The van der Waals surface area contributed by atoms with Crippen molar-refractivity contribution in [2.75, 3.05) is 13.1 Å². The van der Waals surface area contributed by atoms with E-state index in [0.717, 1.165) is 49.4 Å². The van der Waals surface area contributed by atoms with Gasteiger partial charge in [0.1, 0.15) is 11.4 Å². The summed E-state index contributed by atoms with van der Waals surface area (Å²) in [5.74, 6) is 7.15. The van der Waals surface area contributed by atoms with Crippen LogP contribution in [-0.4, -0.2) is 38.7 Å². The Morgan fingerprint density at radius 3 is 2.64 bits per heavy atom. The Hall–Kier alpha value is -3.00. The molecular weight excluding hydrogens is 406 g/mol. The van der Waals surface area contributed by atoms with Gasteiger partial charge in [-0.25, -0.2) is 9.97 Å². The second-order valence-corrected chi connectivity index (χ2v) is 9.67. The maximum absolute atomic E-state index is 9.80. The second kappa shape index (κ2) is 9.87. The molecule has 4 nitrogen and oxygen atoms in total. The first kappa shape index (κ1) is 23.2. The quantitative estimate of drug-likeness (QED) is 0.563. The lowest BCUT2D eigenvalue weighted by Crippen LogP contribution is -2.34. The van der Waals surface area contributed by atoms with Crippen LogP contribution < -0.4 is 0 Å². The highest BCUT2D eigenvalue weighted by Crippen LogP contribution is 2.33. The highest BCUT2D eigenvalue weighted by molar-refractivity contribution is 5.66. The Balaban J connectivity index is 1.50. The molecule has 1 saturated heterocycles. The molecule has 2 heterocycles. The van der Waals surface area contributed by atoms with Crippen LogP contribution in [0.3, 0.4) is 0 Å².